The van der Waals surface area contributed by atoms with Crippen LogP contribution in [-0.4, -0.2) is 41.8 Å². The van der Waals surface area contributed by atoms with Crippen molar-refractivity contribution in [2.75, 3.05) is 56.5 Å². The lowest BCUT2D eigenvalue weighted by Gasteiger charge is -2.23. The van der Waals surface area contributed by atoms with Crippen LogP contribution in [0.5, 0.6) is 0 Å². The summed E-state index contributed by atoms with van der Waals surface area (Å²) in [5, 5.41) is 0. The van der Waals surface area contributed by atoms with Gasteiger partial charge in [-0.15, -0.1) is 0 Å². The fourth-order valence-corrected chi connectivity index (χ4v) is 3.61. The first-order chi connectivity index (χ1) is 13.9. The second-order valence-electron chi connectivity index (χ2n) is 8.01. The maximum atomic E-state index is 2.27. The first kappa shape index (κ1) is 20.8. The molecule has 0 saturated heterocycles. The number of hydrogen-bond donors (Lipinski definition) is 0. The van der Waals surface area contributed by atoms with E-state index in [1.165, 1.54) is 33.8 Å². The molecular formula is C26H33N3. The van der Waals surface area contributed by atoms with Gasteiger partial charge < -0.3 is 14.7 Å². The third-order valence-electron chi connectivity index (χ3n) is 5.63. The summed E-state index contributed by atoms with van der Waals surface area (Å²) in [7, 11) is 10.4. The zero-order chi connectivity index (χ0) is 21.0. The van der Waals surface area contributed by atoms with E-state index in [2.05, 4.69) is 130 Å². The van der Waals surface area contributed by atoms with Gasteiger partial charge in [0.1, 0.15) is 0 Å². The van der Waals surface area contributed by atoms with Gasteiger partial charge in [-0.2, -0.15) is 0 Å². The Morgan fingerprint density at radius 3 is 1.10 bits per heavy atom. The Labute approximate surface area is 176 Å². The topological polar surface area (TPSA) is 9.72 Å². The normalized spacial score (nSPS) is 10.9. The third kappa shape index (κ3) is 4.73. The van der Waals surface area contributed by atoms with Crippen molar-refractivity contribution in [3.8, 4) is 0 Å². The van der Waals surface area contributed by atoms with Crippen molar-refractivity contribution >= 4 is 17.1 Å². The van der Waals surface area contributed by atoms with Crippen LogP contribution in [-0.2, 0) is 0 Å². The fourth-order valence-electron chi connectivity index (χ4n) is 3.61. The highest BCUT2D eigenvalue weighted by Crippen LogP contribution is 2.34. The van der Waals surface area contributed by atoms with Crippen molar-refractivity contribution in [2.24, 2.45) is 0 Å². The van der Waals surface area contributed by atoms with E-state index in [-0.39, 0.29) is 5.92 Å². The Hall–Kier alpha value is -2.94. The highest BCUT2D eigenvalue weighted by atomic mass is 15.1. The zero-order valence-corrected chi connectivity index (χ0v) is 18.6. The van der Waals surface area contributed by atoms with Gasteiger partial charge in [-0.1, -0.05) is 36.4 Å². The molecule has 0 atom stereocenters. The Balaban J connectivity index is 2.03. The van der Waals surface area contributed by atoms with Crippen LogP contribution in [0.1, 0.15) is 29.5 Å². The Morgan fingerprint density at radius 1 is 0.517 bits per heavy atom. The predicted octanol–water partition coefficient (Wildman–Crippen LogP) is 5.45. The minimum atomic E-state index is 0.211. The number of benzene rings is 3. The van der Waals surface area contributed by atoms with Crippen molar-refractivity contribution in [1.82, 2.24) is 0 Å². The summed E-state index contributed by atoms with van der Waals surface area (Å²) in [6, 6.07) is 26.8. The maximum absolute atomic E-state index is 2.27. The van der Waals surface area contributed by atoms with E-state index in [0.717, 1.165) is 6.54 Å². The molecule has 3 aromatic carbocycles. The van der Waals surface area contributed by atoms with Gasteiger partial charge in [0, 0.05) is 64.8 Å². The lowest BCUT2D eigenvalue weighted by atomic mass is 9.85. The monoisotopic (exact) mass is 387 g/mol. The minimum absolute atomic E-state index is 0.211. The number of nitrogens with zero attached hydrogens (tertiary/aromatic N) is 3. The zero-order valence-electron chi connectivity index (χ0n) is 18.6. The van der Waals surface area contributed by atoms with Crippen molar-refractivity contribution in [3.63, 3.8) is 0 Å². The van der Waals surface area contributed by atoms with E-state index < -0.39 is 0 Å². The van der Waals surface area contributed by atoms with Crippen LogP contribution in [0.2, 0.25) is 0 Å². The van der Waals surface area contributed by atoms with Crippen LogP contribution in [0.4, 0.5) is 17.1 Å². The van der Waals surface area contributed by atoms with Crippen LogP contribution < -0.4 is 14.7 Å². The van der Waals surface area contributed by atoms with Crippen LogP contribution in [0.15, 0.2) is 72.8 Å². The molecule has 0 aromatic heterocycles. The van der Waals surface area contributed by atoms with E-state index in [1.54, 1.807) is 0 Å². The molecule has 0 N–H and O–H groups in total. The molecule has 3 nitrogen and oxygen atoms in total. The summed E-state index contributed by atoms with van der Waals surface area (Å²) in [6.45, 7) is 3.18. The van der Waals surface area contributed by atoms with Gasteiger partial charge in [0.2, 0.25) is 0 Å². The summed E-state index contributed by atoms with van der Waals surface area (Å²) in [6.07, 6.45) is 0. The van der Waals surface area contributed by atoms with Gasteiger partial charge in [0.05, 0.1) is 0 Å². The van der Waals surface area contributed by atoms with Crippen molar-refractivity contribution in [3.05, 3.63) is 89.5 Å². The maximum Gasteiger partial charge on any atom is 0.0363 e. The van der Waals surface area contributed by atoms with E-state index in [1.807, 2.05) is 0 Å². The quantitative estimate of drug-likeness (QED) is 0.499. The number of rotatable bonds is 7. The highest BCUT2D eigenvalue weighted by molar-refractivity contribution is 5.55. The molecule has 0 spiro atoms. The lowest BCUT2D eigenvalue weighted by molar-refractivity contribution is 0.953. The van der Waals surface area contributed by atoms with Crippen LogP contribution in [0.3, 0.4) is 0 Å². The summed E-state index contributed by atoms with van der Waals surface area (Å²) >= 11 is 0. The van der Waals surface area contributed by atoms with E-state index in [9.17, 15) is 0 Å². The molecule has 0 aliphatic rings. The highest BCUT2D eigenvalue weighted by Gasteiger charge is 2.17. The molecule has 0 bridgehead atoms. The molecule has 0 fully saturated rings. The van der Waals surface area contributed by atoms with Crippen molar-refractivity contribution in [2.45, 2.75) is 12.8 Å². The molecule has 3 aromatic rings. The molecule has 152 valence electrons. The largest absolute Gasteiger partial charge is 0.378 e. The Morgan fingerprint density at radius 2 is 0.828 bits per heavy atom. The first-order valence-electron chi connectivity index (χ1n) is 10.3. The average molecular weight is 388 g/mol. The van der Waals surface area contributed by atoms with E-state index >= 15 is 0 Å². The van der Waals surface area contributed by atoms with E-state index in [4.69, 9.17) is 0 Å². The predicted molar refractivity (Wildman–Crippen MR) is 128 cm³/mol. The summed E-state index contributed by atoms with van der Waals surface area (Å²) in [5.74, 6) is 0.211. The molecule has 0 unspecified atom stereocenters. The van der Waals surface area contributed by atoms with Crippen molar-refractivity contribution in [1.29, 1.82) is 0 Å². The average Bonchev–Trinajstić information content (AvgIpc) is 2.74. The van der Waals surface area contributed by atoms with Gasteiger partial charge in [0.15, 0.2) is 0 Å². The molecular weight excluding hydrogens is 354 g/mol. The molecule has 0 heterocycles. The molecule has 0 radical (unpaired) electrons. The minimum Gasteiger partial charge on any atom is -0.378 e. The molecule has 0 aliphatic heterocycles. The SMILES string of the molecule is CCN(C)c1ccc(C(c2ccc(N(C)C)cc2)c2ccc(N(C)C)cc2)cc1. The molecule has 3 heteroatoms. The molecule has 29 heavy (non-hydrogen) atoms. The molecule has 0 saturated carbocycles. The molecule has 0 amide bonds. The second-order valence-corrected chi connectivity index (χ2v) is 8.01. The first-order valence-corrected chi connectivity index (χ1v) is 10.3. The van der Waals surface area contributed by atoms with Gasteiger partial charge in [-0.25, -0.2) is 0 Å². The van der Waals surface area contributed by atoms with Gasteiger partial charge in [0.25, 0.3) is 0 Å². The Bertz CT molecular complexity index is 843. The van der Waals surface area contributed by atoms with Crippen LogP contribution in [0, 0.1) is 0 Å². The lowest BCUT2D eigenvalue weighted by Crippen LogP contribution is -2.15. The third-order valence-corrected chi connectivity index (χ3v) is 5.63. The molecule has 0 aliphatic carbocycles. The second kappa shape index (κ2) is 9.04. The van der Waals surface area contributed by atoms with E-state index in [0.29, 0.717) is 0 Å². The van der Waals surface area contributed by atoms with Gasteiger partial charge in [-0.3, -0.25) is 0 Å². The summed E-state index contributed by atoms with van der Waals surface area (Å²) < 4.78 is 0. The number of hydrogen-bond acceptors (Lipinski definition) is 3. The Kier molecular flexibility index (Phi) is 6.48. The van der Waals surface area contributed by atoms with Crippen LogP contribution >= 0.6 is 0 Å². The smallest absolute Gasteiger partial charge is 0.0363 e. The summed E-state index contributed by atoms with van der Waals surface area (Å²) in [5.41, 5.74) is 7.62. The fraction of sp³-hybridized carbons (Fsp3) is 0.308. The van der Waals surface area contributed by atoms with Gasteiger partial charge in [-0.05, 0) is 60.0 Å². The van der Waals surface area contributed by atoms with Gasteiger partial charge >= 0.3 is 0 Å². The molecule has 3 rings (SSSR count). The summed E-state index contributed by atoms with van der Waals surface area (Å²) in [4.78, 5) is 6.54. The number of anilines is 3. The van der Waals surface area contributed by atoms with Crippen molar-refractivity contribution < 1.29 is 0 Å². The van der Waals surface area contributed by atoms with Crippen LogP contribution in [0.25, 0.3) is 0 Å². The standard InChI is InChI=1S/C26H33N3/c1-7-29(6)25-18-12-22(13-19-25)26(20-8-14-23(15-9-20)27(2)3)21-10-16-24(17-11-21)28(4)5/h8-19,26H,7H2,1-6H3.